The average molecular weight is 275 g/mol. The number of methoxy groups -OCH3 is 1. The molecular weight excluding hydrogens is 254 g/mol. The van der Waals surface area contributed by atoms with E-state index in [1.165, 1.54) is 18.4 Å². The second kappa shape index (κ2) is 6.98. The highest BCUT2D eigenvalue weighted by Crippen LogP contribution is 2.23. The van der Waals surface area contributed by atoms with Crippen LogP contribution in [0.15, 0.2) is 29.8 Å². The van der Waals surface area contributed by atoms with Crippen LogP contribution in [0, 0.1) is 0 Å². The summed E-state index contributed by atoms with van der Waals surface area (Å²) in [4.78, 5) is 11.9. The first-order valence-corrected chi connectivity index (χ1v) is 6.99. The SMILES string of the molecule is COc1ccc(O)c(CNC(=O)CC2=CCCCC2)c1. The van der Waals surface area contributed by atoms with Crippen LogP contribution in [0.3, 0.4) is 0 Å². The number of nitrogens with one attached hydrogen (secondary N) is 1. The van der Waals surface area contributed by atoms with E-state index in [-0.39, 0.29) is 11.7 Å². The molecule has 0 unspecified atom stereocenters. The monoisotopic (exact) mass is 275 g/mol. The van der Waals surface area contributed by atoms with Crippen LogP contribution in [0.1, 0.15) is 37.7 Å². The summed E-state index contributed by atoms with van der Waals surface area (Å²) in [5.41, 5.74) is 1.89. The van der Waals surface area contributed by atoms with E-state index in [2.05, 4.69) is 11.4 Å². The summed E-state index contributed by atoms with van der Waals surface area (Å²) in [5.74, 6) is 0.838. The van der Waals surface area contributed by atoms with Gasteiger partial charge in [-0.3, -0.25) is 4.79 Å². The van der Waals surface area contributed by atoms with Crippen molar-refractivity contribution >= 4 is 5.91 Å². The number of hydrogen-bond acceptors (Lipinski definition) is 3. The molecule has 0 saturated carbocycles. The standard InChI is InChI=1S/C16H21NO3/c1-20-14-7-8-15(18)13(10-14)11-17-16(19)9-12-5-3-2-4-6-12/h5,7-8,10,18H,2-4,6,9,11H2,1H3,(H,17,19). The molecule has 1 aromatic rings. The Labute approximate surface area is 119 Å². The summed E-state index contributed by atoms with van der Waals surface area (Å²) in [6.45, 7) is 0.315. The molecule has 1 aliphatic carbocycles. The molecule has 0 atom stereocenters. The van der Waals surface area contributed by atoms with Gasteiger partial charge in [0.1, 0.15) is 11.5 Å². The summed E-state index contributed by atoms with van der Waals surface area (Å²) in [6, 6.07) is 4.99. The maximum Gasteiger partial charge on any atom is 0.224 e. The van der Waals surface area contributed by atoms with E-state index in [1.54, 1.807) is 25.3 Å². The number of phenols is 1. The summed E-state index contributed by atoms with van der Waals surface area (Å²) >= 11 is 0. The Morgan fingerprint density at radius 2 is 2.25 bits per heavy atom. The lowest BCUT2D eigenvalue weighted by atomic mass is 9.97. The predicted molar refractivity (Wildman–Crippen MR) is 77.7 cm³/mol. The zero-order chi connectivity index (χ0) is 14.4. The van der Waals surface area contributed by atoms with Crippen LogP contribution in [-0.2, 0) is 11.3 Å². The molecule has 0 bridgehead atoms. The van der Waals surface area contributed by atoms with E-state index in [4.69, 9.17) is 4.74 Å². The van der Waals surface area contributed by atoms with Gasteiger partial charge in [-0.15, -0.1) is 0 Å². The first-order chi connectivity index (χ1) is 9.69. The van der Waals surface area contributed by atoms with Crippen molar-refractivity contribution in [2.24, 2.45) is 0 Å². The highest BCUT2D eigenvalue weighted by Gasteiger charge is 2.10. The Bertz CT molecular complexity index is 508. The third-order valence-electron chi connectivity index (χ3n) is 3.54. The zero-order valence-corrected chi connectivity index (χ0v) is 11.8. The van der Waals surface area contributed by atoms with Gasteiger partial charge in [0, 0.05) is 18.5 Å². The fourth-order valence-electron chi connectivity index (χ4n) is 2.36. The fourth-order valence-corrected chi connectivity index (χ4v) is 2.36. The van der Waals surface area contributed by atoms with Gasteiger partial charge in [0.15, 0.2) is 0 Å². The van der Waals surface area contributed by atoms with Crippen molar-refractivity contribution < 1.29 is 14.6 Å². The normalized spacial score (nSPS) is 14.6. The van der Waals surface area contributed by atoms with E-state index < -0.39 is 0 Å². The quantitative estimate of drug-likeness (QED) is 0.812. The van der Waals surface area contributed by atoms with Gasteiger partial charge in [-0.1, -0.05) is 11.6 Å². The number of amides is 1. The van der Waals surface area contributed by atoms with E-state index in [9.17, 15) is 9.90 Å². The van der Waals surface area contributed by atoms with Gasteiger partial charge in [0.25, 0.3) is 0 Å². The first kappa shape index (κ1) is 14.4. The van der Waals surface area contributed by atoms with Crippen molar-refractivity contribution in [2.75, 3.05) is 7.11 Å². The van der Waals surface area contributed by atoms with Gasteiger partial charge in [-0.05, 0) is 43.9 Å². The minimum atomic E-state index is 0.000342. The van der Waals surface area contributed by atoms with Gasteiger partial charge in [-0.2, -0.15) is 0 Å². The second-order valence-corrected chi connectivity index (χ2v) is 5.06. The Kier molecular flexibility index (Phi) is 5.04. The van der Waals surface area contributed by atoms with E-state index in [0.717, 1.165) is 12.8 Å². The van der Waals surface area contributed by atoms with E-state index in [0.29, 0.717) is 24.3 Å². The number of allylic oxidation sites excluding steroid dienone is 1. The molecule has 2 rings (SSSR count). The second-order valence-electron chi connectivity index (χ2n) is 5.06. The molecule has 0 saturated heterocycles. The van der Waals surface area contributed by atoms with Gasteiger partial charge in [-0.25, -0.2) is 0 Å². The number of benzene rings is 1. The number of hydrogen-bond donors (Lipinski definition) is 2. The van der Waals surface area contributed by atoms with Gasteiger partial charge >= 0.3 is 0 Å². The number of ether oxygens (including phenoxy) is 1. The molecule has 1 amide bonds. The van der Waals surface area contributed by atoms with Crippen LogP contribution in [-0.4, -0.2) is 18.1 Å². The van der Waals surface area contributed by atoms with Gasteiger partial charge in [0.2, 0.25) is 5.91 Å². The minimum Gasteiger partial charge on any atom is -0.508 e. The molecular formula is C16H21NO3. The highest BCUT2D eigenvalue weighted by molar-refractivity contribution is 5.78. The summed E-state index contributed by atoms with van der Waals surface area (Å²) in [5, 5.41) is 12.6. The summed E-state index contributed by atoms with van der Waals surface area (Å²) < 4.78 is 5.11. The molecule has 2 N–H and O–H groups in total. The van der Waals surface area contributed by atoms with Crippen LogP contribution in [0.5, 0.6) is 11.5 Å². The third-order valence-corrected chi connectivity index (χ3v) is 3.54. The topological polar surface area (TPSA) is 58.6 Å². The zero-order valence-electron chi connectivity index (χ0n) is 11.8. The Morgan fingerprint density at radius 3 is 2.95 bits per heavy atom. The molecule has 0 aliphatic heterocycles. The Morgan fingerprint density at radius 1 is 1.40 bits per heavy atom. The lowest BCUT2D eigenvalue weighted by Gasteiger charge is -2.13. The molecule has 4 nitrogen and oxygen atoms in total. The van der Waals surface area contributed by atoms with Gasteiger partial charge in [0.05, 0.1) is 7.11 Å². The van der Waals surface area contributed by atoms with E-state index in [1.807, 2.05) is 0 Å². The summed E-state index contributed by atoms with van der Waals surface area (Å²) in [6.07, 6.45) is 7.15. The van der Waals surface area contributed by atoms with Gasteiger partial charge < -0.3 is 15.2 Å². The van der Waals surface area contributed by atoms with Crippen molar-refractivity contribution in [1.82, 2.24) is 5.32 Å². The maximum atomic E-state index is 11.9. The van der Waals surface area contributed by atoms with Crippen LogP contribution in [0.4, 0.5) is 0 Å². The van der Waals surface area contributed by atoms with Crippen molar-refractivity contribution in [3.63, 3.8) is 0 Å². The van der Waals surface area contributed by atoms with Crippen LogP contribution in [0.2, 0.25) is 0 Å². The number of rotatable bonds is 5. The smallest absolute Gasteiger partial charge is 0.224 e. The third kappa shape index (κ3) is 4.02. The molecule has 1 aliphatic rings. The molecule has 0 fully saturated rings. The number of phenolic OH excluding ortho intramolecular Hbond substituents is 1. The van der Waals surface area contributed by atoms with Crippen molar-refractivity contribution in [3.05, 3.63) is 35.4 Å². The molecule has 0 radical (unpaired) electrons. The van der Waals surface area contributed by atoms with Crippen molar-refractivity contribution in [3.8, 4) is 11.5 Å². The summed E-state index contributed by atoms with van der Waals surface area (Å²) in [7, 11) is 1.57. The van der Waals surface area contributed by atoms with E-state index >= 15 is 0 Å². The first-order valence-electron chi connectivity index (χ1n) is 6.99. The van der Waals surface area contributed by atoms with Crippen molar-refractivity contribution in [1.29, 1.82) is 0 Å². The maximum absolute atomic E-state index is 11.9. The molecule has 108 valence electrons. The van der Waals surface area contributed by atoms with Crippen LogP contribution < -0.4 is 10.1 Å². The highest BCUT2D eigenvalue weighted by atomic mass is 16.5. The lowest BCUT2D eigenvalue weighted by Crippen LogP contribution is -2.23. The number of aromatic hydroxyl groups is 1. The van der Waals surface area contributed by atoms with Crippen molar-refractivity contribution in [2.45, 2.75) is 38.6 Å². The molecule has 4 heteroatoms. The number of carbonyl (C=O) groups is 1. The average Bonchev–Trinajstić information content (AvgIpc) is 2.47. The van der Waals surface area contributed by atoms with Crippen LogP contribution in [0.25, 0.3) is 0 Å². The largest absolute Gasteiger partial charge is 0.508 e. The number of carbonyl (C=O) groups excluding carboxylic acids is 1. The molecule has 1 aromatic carbocycles. The van der Waals surface area contributed by atoms with Crippen LogP contribution >= 0.6 is 0 Å². The minimum absolute atomic E-state index is 0.000342. The molecule has 20 heavy (non-hydrogen) atoms. The molecule has 0 aromatic heterocycles. The Balaban J connectivity index is 1.88. The lowest BCUT2D eigenvalue weighted by molar-refractivity contribution is -0.120. The predicted octanol–water partition coefficient (Wildman–Crippen LogP) is 2.91. The fraction of sp³-hybridized carbons (Fsp3) is 0.438. The molecule has 0 spiro atoms. The Hall–Kier alpha value is -1.97. The molecule has 0 heterocycles.